The van der Waals surface area contributed by atoms with E-state index in [-0.39, 0.29) is 12.0 Å². The minimum Gasteiger partial charge on any atom is -0.388 e. The maximum atomic E-state index is 12.3. The summed E-state index contributed by atoms with van der Waals surface area (Å²) in [6, 6.07) is 0. The molecule has 0 aromatic heterocycles. The molecule has 0 aliphatic heterocycles. The summed E-state index contributed by atoms with van der Waals surface area (Å²) in [5.74, 6) is -0.440. The number of carbonyl (C=O) groups is 1. The number of hydrogen-bond donors (Lipinski definition) is 1. The Morgan fingerprint density at radius 3 is 2.54 bits per heavy atom. The highest BCUT2D eigenvalue weighted by molar-refractivity contribution is 6.22. The Morgan fingerprint density at radius 1 is 1.69 bits per heavy atom. The van der Waals surface area contributed by atoms with Crippen LogP contribution in [0.5, 0.6) is 0 Å². The lowest BCUT2D eigenvalue weighted by Gasteiger charge is -2.08. The minimum atomic E-state index is -3.41. The largest absolute Gasteiger partial charge is 0.388 e. The predicted octanol–water partition coefficient (Wildman–Crippen LogP) is 1.86. The van der Waals surface area contributed by atoms with Crippen molar-refractivity contribution in [1.29, 1.82) is 0 Å². The molecule has 1 aliphatic carbocycles. The number of alkyl halides is 3. The van der Waals surface area contributed by atoms with Crippen molar-refractivity contribution in [3.8, 4) is 0 Å². The molecule has 0 saturated heterocycles. The predicted molar refractivity (Wildman–Crippen MR) is 43.7 cm³/mol. The molecule has 0 spiro atoms. The van der Waals surface area contributed by atoms with E-state index in [1.807, 2.05) is 0 Å². The van der Waals surface area contributed by atoms with E-state index in [1.165, 1.54) is 6.92 Å². The Bertz CT molecular complexity index is 268. The number of allylic oxidation sites excluding steroid dienone is 1. The number of halogens is 3. The third-order valence-corrected chi connectivity index (χ3v) is 2.20. The van der Waals surface area contributed by atoms with Crippen LogP contribution in [0.25, 0.3) is 0 Å². The first-order valence-electron chi connectivity index (χ1n) is 3.79. The van der Waals surface area contributed by atoms with Crippen molar-refractivity contribution in [2.75, 3.05) is 0 Å². The van der Waals surface area contributed by atoms with Gasteiger partial charge in [-0.25, -0.2) is 0 Å². The van der Waals surface area contributed by atoms with Crippen LogP contribution in [0.3, 0.4) is 0 Å². The van der Waals surface area contributed by atoms with Crippen molar-refractivity contribution in [2.24, 2.45) is 0 Å². The van der Waals surface area contributed by atoms with Crippen LogP contribution in [0.1, 0.15) is 19.8 Å². The number of carbonyl (C=O) groups excluding carboxylic acids is 1. The molecule has 0 heterocycles. The molecule has 1 unspecified atom stereocenters. The molecule has 1 rings (SSSR count). The Balaban J connectivity index is 2.84. The minimum absolute atomic E-state index is 0.0347. The average molecular weight is 211 g/mol. The molecule has 1 N–H and O–H groups in total. The summed E-state index contributed by atoms with van der Waals surface area (Å²) in [5, 5.41) is 5.76. The summed E-state index contributed by atoms with van der Waals surface area (Å²) in [7, 11) is 0. The third-order valence-electron chi connectivity index (χ3n) is 2.07. The highest BCUT2D eigenvalue weighted by atomic mass is 35.5. The van der Waals surface area contributed by atoms with Gasteiger partial charge in [-0.15, -0.1) is 0 Å². The fraction of sp³-hybridized carbons (Fsp3) is 0.625. The van der Waals surface area contributed by atoms with Crippen molar-refractivity contribution in [2.45, 2.75) is 31.3 Å². The number of ketones is 1. The summed E-state index contributed by atoms with van der Waals surface area (Å²) in [6.45, 7) is 1.47. The molecule has 1 atom stereocenters. The monoisotopic (exact) mass is 210 g/mol. The van der Waals surface area contributed by atoms with E-state index in [0.717, 1.165) is 0 Å². The fourth-order valence-electron chi connectivity index (χ4n) is 1.31. The van der Waals surface area contributed by atoms with Crippen LogP contribution in [-0.2, 0) is 4.79 Å². The van der Waals surface area contributed by atoms with Gasteiger partial charge in [0.2, 0.25) is 0 Å². The van der Waals surface area contributed by atoms with Gasteiger partial charge in [0.25, 0.3) is 0 Å². The molecule has 2 nitrogen and oxygen atoms in total. The molecule has 0 aromatic carbocycles. The van der Waals surface area contributed by atoms with Crippen LogP contribution in [0, 0.1) is 0 Å². The number of Topliss-reactive ketones (excluding diaryl/α,β-unsaturated/α-hetero) is 1. The maximum Gasteiger partial charge on any atom is 0.325 e. The highest BCUT2D eigenvalue weighted by Crippen LogP contribution is 2.34. The van der Waals surface area contributed by atoms with Gasteiger partial charge in [0.1, 0.15) is 0 Å². The molecule has 13 heavy (non-hydrogen) atoms. The van der Waals surface area contributed by atoms with Crippen LogP contribution >= 0.6 is 11.6 Å². The molecular formula is C8H9ClF2O2. The Morgan fingerprint density at radius 2 is 2.23 bits per heavy atom. The molecule has 0 amide bonds. The first kappa shape index (κ1) is 10.6. The summed E-state index contributed by atoms with van der Waals surface area (Å²) in [4.78, 5) is 11.1. The van der Waals surface area contributed by atoms with Gasteiger partial charge in [0.05, 0.1) is 12.5 Å². The van der Waals surface area contributed by atoms with Crippen LogP contribution < -0.4 is 0 Å². The Hall–Kier alpha value is -0.480. The normalized spacial score (nSPS) is 24.4. The fourth-order valence-corrected chi connectivity index (χ4v) is 1.45. The van der Waals surface area contributed by atoms with E-state index in [1.54, 1.807) is 0 Å². The van der Waals surface area contributed by atoms with Crippen molar-refractivity contribution < 1.29 is 18.7 Å². The smallest absolute Gasteiger partial charge is 0.325 e. The average Bonchev–Trinajstić information content (AvgIpc) is 2.14. The summed E-state index contributed by atoms with van der Waals surface area (Å²) < 4.78 is 24.7. The zero-order chi connectivity index (χ0) is 10.2. The lowest BCUT2D eigenvalue weighted by molar-refractivity contribution is -0.116. The van der Waals surface area contributed by atoms with E-state index in [4.69, 9.17) is 16.7 Å². The van der Waals surface area contributed by atoms with Crippen LogP contribution in [0.4, 0.5) is 8.78 Å². The van der Waals surface area contributed by atoms with Crippen molar-refractivity contribution >= 4 is 17.4 Å². The van der Waals surface area contributed by atoms with Gasteiger partial charge in [-0.05, 0) is 24.1 Å². The second-order valence-electron chi connectivity index (χ2n) is 3.10. The molecule has 74 valence electrons. The SMILES string of the molecule is CC1=C(CC(F)(F)Cl)C(=O)CC1O. The number of rotatable bonds is 2. The quantitative estimate of drug-likeness (QED) is 0.707. The maximum absolute atomic E-state index is 12.3. The van der Waals surface area contributed by atoms with E-state index >= 15 is 0 Å². The lowest BCUT2D eigenvalue weighted by Crippen LogP contribution is -2.10. The lowest BCUT2D eigenvalue weighted by atomic mass is 10.1. The van der Waals surface area contributed by atoms with Gasteiger partial charge < -0.3 is 5.11 Å². The molecular weight excluding hydrogens is 202 g/mol. The van der Waals surface area contributed by atoms with E-state index in [2.05, 4.69) is 0 Å². The van der Waals surface area contributed by atoms with Crippen LogP contribution in [0.15, 0.2) is 11.1 Å². The molecule has 0 saturated carbocycles. The van der Waals surface area contributed by atoms with Crippen molar-refractivity contribution in [3.63, 3.8) is 0 Å². The van der Waals surface area contributed by atoms with E-state index < -0.39 is 23.7 Å². The number of hydrogen-bond acceptors (Lipinski definition) is 2. The van der Waals surface area contributed by atoms with Crippen LogP contribution in [-0.4, -0.2) is 22.4 Å². The zero-order valence-corrected chi connectivity index (χ0v) is 7.74. The van der Waals surface area contributed by atoms with Crippen LogP contribution in [0.2, 0.25) is 0 Å². The highest BCUT2D eigenvalue weighted by Gasteiger charge is 2.35. The van der Waals surface area contributed by atoms with Gasteiger partial charge in [0, 0.05) is 12.0 Å². The van der Waals surface area contributed by atoms with E-state index in [0.29, 0.717) is 5.57 Å². The Labute approximate surface area is 79.2 Å². The van der Waals surface area contributed by atoms with Gasteiger partial charge in [-0.2, -0.15) is 8.78 Å². The van der Waals surface area contributed by atoms with E-state index in [9.17, 15) is 13.6 Å². The zero-order valence-electron chi connectivity index (χ0n) is 6.98. The van der Waals surface area contributed by atoms with Gasteiger partial charge in [-0.1, -0.05) is 0 Å². The molecule has 0 radical (unpaired) electrons. The first-order chi connectivity index (χ1) is 5.81. The topological polar surface area (TPSA) is 37.3 Å². The van der Waals surface area contributed by atoms with Gasteiger partial charge in [-0.3, -0.25) is 4.79 Å². The molecule has 0 bridgehead atoms. The first-order valence-corrected chi connectivity index (χ1v) is 4.16. The number of aliphatic hydroxyl groups is 1. The van der Waals surface area contributed by atoms with Gasteiger partial charge in [0.15, 0.2) is 5.78 Å². The number of aliphatic hydroxyl groups excluding tert-OH is 1. The second-order valence-corrected chi connectivity index (χ2v) is 3.65. The third kappa shape index (κ3) is 2.48. The molecule has 0 aromatic rings. The molecule has 0 fully saturated rings. The summed E-state index contributed by atoms with van der Waals surface area (Å²) in [5.41, 5.74) is 0.276. The summed E-state index contributed by atoms with van der Waals surface area (Å²) >= 11 is 4.69. The molecule has 1 aliphatic rings. The van der Waals surface area contributed by atoms with Crippen molar-refractivity contribution in [3.05, 3.63) is 11.1 Å². The van der Waals surface area contributed by atoms with Gasteiger partial charge >= 0.3 is 5.38 Å². The molecule has 5 heteroatoms. The Kier molecular flexibility index (Phi) is 2.73. The standard InChI is InChI=1S/C8H9ClF2O2/c1-4-5(3-8(9,10)11)7(13)2-6(4)12/h6,12H,2-3H2,1H3. The second kappa shape index (κ2) is 3.35. The van der Waals surface area contributed by atoms with Crippen molar-refractivity contribution in [1.82, 2.24) is 0 Å². The summed E-state index contributed by atoms with van der Waals surface area (Å²) in [6.07, 6.45) is -1.81.